The average molecular weight is 370 g/mol. The maximum Gasteiger partial charge on any atom is 0.128 e. The van der Waals surface area contributed by atoms with Crippen molar-refractivity contribution < 1.29 is 8.78 Å². The molecule has 1 aromatic carbocycles. The quantitative estimate of drug-likeness (QED) is 0.764. The Labute approximate surface area is 155 Å². The van der Waals surface area contributed by atoms with Crippen LogP contribution in [0.4, 0.5) is 8.78 Å². The number of nitrogens with zero attached hydrogens (tertiary/aromatic N) is 5. The van der Waals surface area contributed by atoms with Gasteiger partial charge in [0, 0.05) is 49.7 Å². The molecule has 0 spiro atoms. The number of likely N-dealkylation sites (tertiary alicyclic amines) is 1. The summed E-state index contributed by atoms with van der Waals surface area (Å²) < 4.78 is 28.9. The molecule has 27 heavy (non-hydrogen) atoms. The van der Waals surface area contributed by atoms with Gasteiger partial charge in [0.1, 0.15) is 17.3 Å². The minimum atomic E-state index is -0.659. The maximum atomic E-state index is 13.7. The van der Waals surface area contributed by atoms with E-state index < -0.39 is 11.6 Å². The first kappa shape index (κ1) is 17.7. The van der Waals surface area contributed by atoms with Crippen LogP contribution in [0.3, 0.4) is 0 Å². The summed E-state index contributed by atoms with van der Waals surface area (Å²) in [7, 11) is 0. The number of nitrogens with two attached hydrogens (primary N) is 1. The van der Waals surface area contributed by atoms with E-state index in [0.29, 0.717) is 17.9 Å². The molecule has 0 atom stereocenters. The third kappa shape index (κ3) is 3.86. The second-order valence-corrected chi connectivity index (χ2v) is 6.77. The first-order valence-electron chi connectivity index (χ1n) is 8.89. The van der Waals surface area contributed by atoms with Gasteiger partial charge in [-0.2, -0.15) is 0 Å². The van der Waals surface area contributed by atoms with Crippen LogP contribution in [0.1, 0.15) is 18.5 Å². The van der Waals surface area contributed by atoms with Gasteiger partial charge in [0.2, 0.25) is 0 Å². The third-order valence-corrected chi connectivity index (χ3v) is 4.79. The Morgan fingerprint density at radius 1 is 1.04 bits per heavy atom. The number of rotatable bonds is 4. The molecule has 2 N–H and O–H groups in total. The number of hydrogen-bond acceptors (Lipinski definition) is 5. The second kappa shape index (κ2) is 7.50. The van der Waals surface area contributed by atoms with E-state index in [1.165, 1.54) is 16.8 Å². The predicted molar refractivity (Wildman–Crippen MR) is 97.0 cm³/mol. The smallest absolute Gasteiger partial charge is 0.128 e. The highest BCUT2D eigenvalue weighted by atomic mass is 19.1. The Balaban J connectivity index is 1.75. The van der Waals surface area contributed by atoms with Crippen molar-refractivity contribution in [1.82, 2.24) is 24.9 Å². The summed E-state index contributed by atoms with van der Waals surface area (Å²) >= 11 is 0. The number of piperidine rings is 1. The fourth-order valence-corrected chi connectivity index (χ4v) is 3.38. The van der Waals surface area contributed by atoms with Crippen LogP contribution in [-0.4, -0.2) is 44.0 Å². The minimum Gasteiger partial charge on any atom is -0.328 e. The fourth-order valence-electron chi connectivity index (χ4n) is 3.38. The van der Waals surface area contributed by atoms with Crippen LogP contribution >= 0.6 is 0 Å². The van der Waals surface area contributed by atoms with Crippen molar-refractivity contribution in [3.8, 4) is 16.9 Å². The first-order valence-corrected chi connectivity index (χ1v) is 8.89. The molecule has 0 aliphatic carbocycles. The van der Waals surface area contributed by atoms with Gasteiger partial charge in [-0.3, -0.25) is 9.88 Å². The van der Waals surface area contributed by atoms with Gasteiger partial charge in [0.15, 0.2) is 0 Å². The molecule has 0 radical (unpaired) electrons. The number of aromatic nitrogens is 4. The highest BCUT2D eigenvalue weighted by Crippen LogP contribution is 2.27. The summed E-state index contributed by atoms with van der Waals surface area (Å²) in [6, 6.07) is 7.23. The largest absolute Gasteiger partial charge is 0.328 e. The van der Waals surface area contributed by atoms with Gasteiger partial charge in [-0.15, -0.1) is 5.10 Å². The number of pyridine rings is 1. The Bertz CT molecular complexity index is 899. The number of halogens is 2. The molecule has 1 aliphatic heterocycles. The standard InChI is InChI=1S/C19H20F2N6/c20-14-9-15(21)11-17(10-14)27-19(13-1-5-23-6-2-13)18(24-25-27)12-26-7-3-16(22)4-8-26/h1-2,5-6,9-11,16H,3-4,7-8,12,22H2. The lowest BCUT2D eigenvalue weighted by atomic mass is 10.1. The van der Waals surface area contributed by atoms with E-state index >= 15 is 0 Å². The Morgan fingerprint density at radius 2 is 1.70 bits per heavy atom. The van der Waals surface area contributed by atoms with E-state index in [1.807, 2.05) is 12.1 Å². The van der Waals surface area contributed by atoms with Gasteiger partial charge < -0.3 is 5.73 Å². The lowest BCUT2D eigenvalue weighted by Gasteiger charge is -2.29. The molecule has 1 saturated heterocycles. The van der Waals surface area contributed by atoms with E-state index in [2.05, 4.69) is 20.2 Å². The van der Waals surface area contributed by atoms with Gasteiger partial charge in [0.25, 0.3) is 0 Å². The van der Waals surface area contributed by atoms with Crippen LogP contribution in [0.15, 0.2) is 42.7 Å². The highest BCUT2D eigenvalue weighted by Gasteiger charge is 2.22. The predicted octanol–water partition coefficient (Wildman–Crippen LogP) is 2.53. The van der Waals surface area contributed by atoms with Crippen LogP contribution in [0.5, 0.6) is 0 Å². The molecule has 3 aromatic rings. The van der Waals surface area contributed by atoms with E-state index in [4.69, 9.17) is 5.73 Å². The molecular weight excluding hydrogens is 350 g/mol. The number of hydrogen-bond donors (Lipinski definition) is 1. The van der Waals surface area contributed by atoms with Gasteiger partial charge in [-0.05, 0) is 37.1 Å². The van der Waals surface area contributed by atoms with E-state index in [-0.39, 0.29) is 6.04 Å². The molecule has 0 amide bonds. The van der Waals surface area contributed by atoms with Crippen molar-refractivity contribution in [3.63, 3.8) is 0 Å². The van der Waals surface area contributed by atoms with Crippen LogP contribution in [0.25, 0.3) is 16.9 Å². The molecule has 140 valence electrons. The molecule has 1 aliphatic rings. The molecule has 4 rings (SSSR count). The van der Waals surface area contributed by atoms with E-state index in [0.717, 1.165) is 43.3 Å². The van der Waals surface area contributed by atoms with Crippen molar-refractivity contribution in [3.05, 3.63) is 60.1 Å². The molecule has 1 fully saturated rings. The summed E-state index contributed by atoms with van der Waals surface area (Å²) in [4.78, 5) is 6.32. The molecule has 0 unspecified atom stereocenters. The van der Waals surface area contributed by atoms with Crippen LogP contribution in [-0.2, 0) is 6.54 Å². The molecule has 0 bridgehead atoms. The lowest BCUT2D eigenvalue weighted by molar-refractivity contribution is 0.204. The zero-order chi connectivity index (χ0) is 18.8. The number of benzene rings is 1. The third-order valence-electron chi connectivity index (χ3n) is 4.79. The zero-order valence-corrected chi connectivity index (χ0v) is 14.7. The topological polar surface area (TPSA) is 72.9 Å². The van der Waals surface area contributed by atoms with Crippen molar-refractivity contribution >= 4 is 0 Å². The minimum absolute atomic E-state index is 0.242. The second-order valence-electron chi connectivity index (χ2n) is 6.77. The van der Waals surface area contributed by atoms with Crippen LogP contribution in [0, 0.1) is 11.6 Å². The van der Waals surface area contributed by atoms with Gasteiger partial charge in [-0.1, -0.05) is 5.21 Å². The summed E-state index contributed by atoms with van der Waals surface area (Å²) in [6.07, 6.45) is 5.22. The fraction of sp³-hybridized carbons (Fsp3) is 0.316. The molecule has 3 heterocycles. The average Bonchev–Trinajstić information content (AvgIpc) is 3.07. The van der Waals surface area contributed by atoms with Crippen LogP contribution in [0.2, 0.25) is 0 Å². The summed E-state index contributed by atoms with van der Waals surface area (Å²) in [5.74, 6) is -1.32. The SMILES string of the molecule is NC1CCN(Cc2nnn(-c3cc(F)cc(F)c3)c2-c2ccncc2)CC1. The first-order chi connectivity index (χ1) is 13.1. The molecular formula is C19H20F2N6. The monoisotopic (exact) mass is 370 g/mol. The maximum absolute atomic E-state index is 13.7. The Kier molecular flexibility index (Phi) is 4.91. The summed E-state index contributed by atoms with van der Waals surface area (Å²) in [6.45, 7) is 2.37. The Hall–Kier alpha value is -2.71. The highest BCUT2D eigenvalue weighted by molar-refractivity contribution is 5.63. The van der Waals surface area contributed by atoms with Crippen molar-refractivity contribution in [1.29, 1.82) is 0 Å². The van der Waals surface area contributed by atoms with Gasteiger partial charge >= 0.3 is 0 Å². The van der Waals surface area contributed by atoms with Gasteiger partial charge in [-0.25, -0.2) is 13.5 Å². The molecule has 2 aromatic heterocycles. The van der Waals surface area contributed by atoms with Crippen molar-refractivity contribution in [2.75, 3.05) is 13.1 Å². The molecule has 6 nitrogen and oxygen atoms in total. The van der Waals surface area contributed by atoms with Crippen molar-refractivity contribution in [2.24, 2.45) is 5.73 Å². The Morgan fingerprint density at radius 3 is 2.37 bits per heavy atom. The van der Waals surface area contributed by atoms with Gasteiger partial charge in [0.05, 0.1) is 11.4 Å². The zero-order valence-electron chi connectivity index (χ0n) is 14.7. The van der Waals surface area contributed by atoms with E-state index in [9.17, 15) is 8.78 Å². The van der Waals surface area contributed by atoms with Crippen LogP contribution < -0.4 is 5.73 Å². The lowest BCUT2D eigenvalue weighted by Crippen LogP contribution is -2.39. The van der Waals surface area contributed by atoms with Crippen molar-refractivity contribution in [2.45, 2.75) is 25.4 Å². The summed E-state index contributed by atoms with van der Waals surface area (Å²) in [5.41, 5.74) is 8.57. The molecule has 0 saturated carbocycles. The molecule has 8 heteroatoms. The van der Waals surface area contributed by atoms with E-state index in [1.54, 1.807) is 12.4 Å². The summed E-state index contributed by atoms with van der Waals surface area (Å²) in [5, 5.41) is 8.50. The normalized spacial score (nSPS) is 16.0.